The molecule has 0 spiro atoms. The van der Waals surface area contributed by atoms with Crippen LogP contribution in [0.5, 0.6) is 0 Å². The van der Waals surface area contributed by atoms with Crippen molar-refractivity contribution >= 4 is 42.8 Å². The van der Waals surface area contributed by atoms with E-state index in [-0.39, 0.29) is 11.5 Å². The molecule has 0 aliphatic carbocycles. The Morgan fingerprint density at radius 2 is 1.33 bits per heavy atom. The van der Waals surface area contributed by atoms with Crippen molar-refractivity contribution in [2.75, 3.05) is 0 Å². The quantitative estimate of drug-likeness (QED) is 0.154. The van der Waals surface area contributed by atoms with Gasteiger partial charge in [0.05, 0.1) is 27.3 Å². The van der Waals surface area contributed by atoms with Crippen LogP contribution in [-0.4, -0.2) is 78.5 Å². The fourth-order valence-electron chi connectivity index (χ4n) is 4.91. The van der Waals surface area contributed by atoms with E-state index in [1.54, 1.807) is 55.5 Å². The van der Waals surface area contributed by atoms with Crippen LogP contribution in [0.1, 0.15) is 61.8 Å². The molecule has 0 unspecified atom stereocenters. The highest BCUT2D eigenvalue weighted by atomic mass is 127. The van der Waals surface area contributed by atoms with Crippen LogP contribution >= 0.6 is 22.6 Å². The van der Waals surface area contributed by atoms with Crippen molar-refractivity contribution in [2.24, 2.45) is 0 Å². The normalized spacial score (nSPS) is 31.7. The topological polar surface area (TPSA) is 110 Å². The Labute approximate surface area is 268 Å². The molecule has 9 atom stereocenters. The number of ether oxygens (including phenoxy) is 5. The second-order valence-electron chi connectivity index (χ2n) is 12.7. The Morgan fingerprint density at radius 1 is 0.837 bits per heavy atom. The second-order valence-corrected chi connectivity index (χ2v) is 18.9. The lowest BCUT2D eigenvalue weighted by atomic mass is 10.00. The molecule has 0 saturated carbocycles. The summed E-state index contributed by atoms with van der Waals surface area (Å²) in [6, 6.07) is 17.5. The number of esters is 2. The number of halogens is 1. The molecule has 0 bridgehead atoms. The number of aliphatic hydroxyl groups is 1. The van der Waals surface area contributed by atoms with Crippen LogP contribution in [0.3, 0.4) is 0 Å². The summed E-state index contributed by atoms with van der Waals surface area (Å²) in [5, 5.41) is 10.3. The van der Waals surface area contributed by atoms with Crippen LogP contribution in [-0.2, 0) is 28.1 Å². The number of aliphatic hydroxyl groups excluding tert-OH is 1. The van der Waals surface area contributed by atoms with Gasteiger partial charge in [-0.05, 0) is 56.2 Å². The second kappa shape index (κ2) is 14.0. The molecular formula is C32H43IO9Si. The fourth-order valence-corrected chi connectivity index (χ4v) is 7.40. The zero-order valence-electron chi connectivity index (χ0n) is 25.8. The zero-order valence-corrected chi connectivity index (χ0v) is 28.9. The molecule has 2 aliphatic rings. The zero-order chi connectivity index (χ0) is 31.5. The summed E-state index contributed by atoms with van der Waals surface area (Å²) in [5.74, 6) is -0.968. The van der Waals surface area contributed by atoms with Crippen LogP contribution in [0.15, 0.2) is 60.7 Å². The Bertz CT molecular complexity index is 1220. The average Bonchev–Trinajstić information content (AvgIpc) is 2.95. The first-order valence-electron chi connectivity index (χ1n) is 14.7. The highest BCUT2D eigenvalue weighted by Crippen LogP contribution is 2.42. The van der Waals surface area contributed by atoms with Crippen LogP contribution in [0.2, 0.25) is 18.1 Å². The van der Waals surface area contributed by atoms with E-state index in [2.05, 4.69) is 56.5 Å². The SMILES string of the molecule is C[C@H]1O[C@H](O)C[C@@H](O[C@H]2O[C@H](C)[C@@H](OC(=O)c3ccccc3)[C@H](O[Si](C)(C)C(C)(C)C)[C@@H]2I)[C@@H]1OC(=O)c1ccccc1. The molecule has 2 saturated heterocycles. The standard InChI is InChI=1S/C32H43IO9Si/c1-19-26(40-29(35)21-14-10-8-11-15-21)23(18-24(34)37-19)39-31-25(33)28(42-43(6,7)32(3,4)5)27(20(2)38-31)41-30(36)22-16-12-9-13-17-22/h8-17,19-20,23-28,31,34H,18H2,1-7H3/t19-,20-,23-,24+,25+,26-,27-,28-,31-/m1/s1. The number of hydrogen-bond donors (Lipinski definition) is 1. The molecule has 43 heavy (non-hydrogen) atoms. The lowest BCUT2D eigenvalue weighted by molar-refractivity contribution is -0.294. The van der Waals surface area contributed by atoms with Gasteiger partial charge in [-0.25, -0.2) is 9.59 Å². The summed E-state index contributed by atoms with van der Waals surface area (Å²) in [6.45, 7) is 14.3. The third kappa shape index (κ3) is 8.24. The lowest BCUT2D eigenvalue weighted by Crippen LogP contribution is -2.62. The van der Waals surface area contributed by atoms with Crippen LogP contribution in [0.4, 0.5) is 0 Å². The van der Waals surface area contributed by atoms with Crippen LogP contribution in [0, 0.1) is 0 Å². The maximum Gasteiger partial charge on any atom is 0.338 e. The number of rotatable bonds is 8. The van der Waals surface area contributed by atoms with E-state index < -0.39 is 73.4 Å². The van der Waals surface area contributed by atoms with Crippen molar-refractivity contribution in [2.45, 2.75) is 112 Å². The summed E-state index contributed by atoms with van der Waals surface area (Å²) in [5.41, 5.74) is 0.845. The van der Waals surface area contributed by atoms with E-state index in [1.165, 1.54) is 0 Å². The van der Waals surface area contributed by atoms with E-state index in [0.717, 1.165) is 0 Å². The molecule has 0 amide bonds. The largest absolute Gasteiger partial charge is 0.453 e. The van der Waals surface area contributed by atoms with Crippen molar-refractivity contribution in [3.8, 4) is 0 Å². The van der Waals surface area contributed by atoms with Gasteiger partial charge in [0.1, 0.15) is 12.2 Å². The molecule has 9 nitrogen and oxygen atoms in total. The van der Waals surface area contributed by atoms with Crippen molar-refractivity contribution < 1.29 is 42.8 Å². The monoisotopic (exact) mass is 726 g/mol. The van der Waals surface area contributed by atoms with E-state index in [4.69, 9.17) is 28.1 Å². The number of benzene rings is 2. The predicted octanol–water partition coefficient (Wildman–Crippen LogP) is 5.89. The molecule has 2 heterocycles. The molecule has 2 aromatic carbocycles. The first kappa shape index (κ1) is 34.0. The molecule has 2 aliphatic heterocycles. The summed E-state index contributed by atoms with van der Waals surface area (Å²) in [7, 11) is -2.35. The van der Waals surface area contributed by atoms with Gasteiger partial charge in [0.2, 0.25) is 0 Å². The molecule has 2 fully saturated rings. The van der Waals surface area contributed by atoms with Crippen LogP contribution < -0.4 is 0 Å². The Kier molecular flexibility index (Phi) is 11.1. The summed E-state index contributed by atoms with van der Waals surface area (Å²) < 4.78 is 36.9. The number of carbonyl (C=O) groups excluding carboxylic acids is 2. The number of hydrogen-bond acceptors (Lipinski definition) is 9. The first-order chi connectivity index (χ1) is 20.2. The molecule has 0 aromatic heterocycles. The van der Waals surface area contributed by atoms with E-state index in [9.17, 15) is 14.7 Å². The number of carbonyl (C=O) groups is 2. The summed E-state index contributed by atoms with van der Waals surface area (Å²) >= 11 is 2.24. The molecule has 2 aromatic rings. The maximum atomic E-state index is 13.2. The van der Waals surface area contributed by atoms with Crippen LogP contribution in [0.25, 0.3) is 0 Å². The molecule has 1 N–H and O–H groups in total. The minimum atomic E-state index is -2.35. The minimum Gasteiger partial charge on any atom is -0.453 e. The minimum absolute atomic E-state index is 0.0782. The van der Waals surface area contributed by atoms with E-state index in [1.807, 2.05) is 19.1 Å². The van der Waals surface area contributed by atoms with Gasteiger partial charge in [0, 0.05) is 6.42 Å². The van der Waals surface area contributed by atoms with Crippen molar-refractivity contribution in [1.82, 2.24) is 0 Å². The molecular weight excluding hydrogens is 683 g/mol. The fraction of sp³-hybridized carbons (Fsp3) is 0.562. The van der Waals surface area contributed by atoms with Crippen molar-refractivity contribution in [3.63, 3.8) is 0 Å². The van der Waals surface area contributed by atoms with Gasteiger partial charge in [-0.1, -0.05) is 79.8 Å². The van der Waals surface area contributed by atoms with Gasteiger partial charge < -0.3 is 33.2 Å². The summed E-state index contributed by atoms with van der Waals surface area (Å²) in [4.78, 5) is 26.1. The van der Waals surface area contributed by atoms with Gasteiger partial charge in [-0.15, -0.1) is 0 Å². The average molecular weight is 727 g/mol. The highest BCUT2D eigenvalue weighted by Gasteiger charge is 2.52. The lowest BCUT2D eigenvalue weighted by Gasteiger charge is -2.49. The van der Waals surface area contributed by atoms with Crippen molar-refractivity contribution in [1.29, 1.82) is 0 Å². The molecule has 0 radical (unpaired) electrons. The maximum absolute atomic E-state index is 13.2. The predicted molar refractivity (Wildman–Crippen MR) is 172 cm³/mol. The molecule has 11 heteroatoms. The van der Waals surface area contributed by atoms with Gasteiger partial charge in [-0.2, -0.15) is 0 Å². The summed E-state index contributed by atoms with van der Waals surface area (Å²) in [6.07, 6.45) is -5.80. The molecule has 4 rings (SSSR count). The van der Waals surface area contributed by atoms with Gasteiger partial charge in [0.25, 0.3) is 0 Å². The number of alkyl halides is 1. The Morgan fingerprint density at radius 3 is 1.84 bits per heavy atom. The highest BCUT2D eigenvalue weighted by molar-refractivity contribution is 14.1. The third-order valence-electron chi connectivity index (χ3n) is 8.39. The van der Waals surface area contributed by atoms with E-state index >= 15 is 0 Å². The van der Waals surface area contributed by atoms with Gasteiger partial charge >= 0.3 is 11.9 Å². The van der Waals surface area contributed by atoms with E-state index in [0.29, 0.717) is 11.1 Å². The van der Waals surface area contributed by atoms with Gasteiger partial charge in [0.15, 0.2) is 33.1 Å². The van der Waals surface area contributed by atoms with Gasteiger partial charge in [-0.3, -0.25) is 0 Å². The Hall–Kier alpha value is -1.87. The third-order valence-corrected chi connectivity index (χ3v) is 14.2. The van der Waals surface area contributed by atoms with Crippen molar-refractivity contribution in [3.05, 3.63) is 71.8 Å². The smallest absolute Gasteiger partial charge is 0.338 e. The molecule has 236 valence electrons. The Balaban J connectivity index is 1.58. The first-order valence-corrected chi connectivity index (χ1v) is 18.8.